The molecular formula is C36H28N2O8. The van der Waals surface area contributed by atoms with Gasteiger partial charge in [0.15, 0.2) is 28.9 Å². The van der Waals surface area contributed by atoms with E-state index < -0.39 is 52.9 Å². The van der Waals surface area contributed by atoms with Gasteiger partial charge in [-0.2, -0.15) is 0 Å². The van der Waals surface area contributed by atoms with Gasteiger partial charge in [0.2, 0.25) is 0 Å². The average molecular weight is 617 g/mol. The standard InChI is InChI=1S/C36H28N2O8/c1-20(39)35-27-11-7-2-3-8-12-28(41)36(35,46-35)25-18-26(40)29-30(31(25)38-27)32(42)23-14-13-22(17-24(23)33(29)43)19-37-34(44)45-16-15-21-9-5-4-6-10-21/h2-6,9-10,13-14,17-18,20,27-28,38-41H,15-16,19H2,1H3,(H,37,44)/b3-2-/t20-,27+,28-,35+,36+/m1/s1. The number of aliphatic hydroxyl groups is 2. The van der Waals surface area contributed by atoms with Crippen molar-refractivity contribution in [3.8, 4) is 29.4 Å². The van der Waals surface area contributed by atoms with E-state index in [2.05, 4.69) is 34.3 Å². The second kappa shape index (κ2) is 10.9. The predicted octanol–water partition coefficient (Wildman–Crippen LogP) is 2.71. The Balaban J connectivity index is 1.19. The number of alkyl carbamates (subject to hydrolysis) is 1. The third kappa shape index (κ3) is 4.31. The van der Waals surface area contributed by atoms with Gasteiger partial charge in [-0.05, 0) is 48.4 Å². The summed E-state index contributed by atoms with van der Waals surface area (Å²) in [7, 11) is 0. The molecule has 2 aliphatic heterocycles. The van der Waals surface area contributed by atoms with Crippen LogP contribution in [0.15, 0.2) is 66.7 Å². The molecule has 0 aromatic heterocycles. The zero-order valence-corrected chi connectivity index (χ0v) is 24.6. The molecule has 1 amide bonds. The van der Waals surface area contributed by atoms with E-state index in [1.54, 1.807) is 6.07 Å². The number of carbonyl (C=O) groups excluding carboxylic acids is 3. The summed E-state index contributed by atoms with van der Waals surface area (Å²) in [6.45, 7) is 1.74. The van der Waals surface area contributed by atoms with Crippen LogP contribution in [0.1, 0.15) is 55.5 Å². The van der Waals surface area contributed by atoms with Crippen LogP contribution >= 0.6 is 0 Å². The van der Waals surface area contributed by atoms with Crippen LogP contribution < -0.4 is 10.6 Å². The number of ketones is 2. The fourth-order valence-corrected chi connectivity index (χ4v) is 6.73. The van der Waals surface area contributed by atoms with Crippen molar-refractivity contribution in [2.45, 2.75) is 49.3 Å². The van der Waals surface area contributed by atoms with Crippen LogP contribution in [0.2, 0.25) is 0 Å². The van der Waals surface area contributed by atoms with Crippen molar-refractivity contribution in [2.75, 3.05) is 11.9 Å². The van der Waals surface area contributed by atoms with Crippen LogP contribution in [0.4, 0.5) is 10.5 Å². The average Bonchev–Trinajstić information content (AvgIpc) is 3.78. The molecule has 10 nitrogen and oxygen atoms in total. The smallest absolute Gasteiger partial charge is 0.407 e. The van der Waals surface area contributed by atoms with Crippen molar-refractivity contribution in [3.05, 3.63) is 106 Å². The number of benzene rings is 3. The van der Waals surface area contributed by atoms with Crippen molar-refractivity contribution in [1.29, 1.82) is 0 Å². The largest absolute Gasteiger partial charge is 0.507 e. The third-order valence-corrected chi connectivity index (χ3v) is 8.93. The van der Waals surface area contributed by atoms with E-state index in [9.17, 15) is 29.7 Å². The van der Waals surface area contributed by atoms with Gasteiger partial charge < -0.3 is 35.4 Å². The van der Waals surface area contributed by atoms with E-state index in [-0.39, 0.29) is 46.7 Å². The second-order valence-electron chi connectivity index (χ2n) is 11.5. The van der Waals surface area contributed by atoms with Gasteiger partial charge in [0.1, 0.15) is 11.8 Å². The molecule has 0 unspecified atom stereocenters. The third-order valence-electron chi connectivity index (χ3n) is 8.93. The molecule has 4 aliphatic rings. The molecule has 5 N–H and O–H groups in total. The highest BCUT2D eigenvalue weighted by Gasteiger charge is 2.82. The van der Waals surface area contributed by atoms with Crippen LogP contribution in [-0.4, -0.2) is 63.4 Å². The van der Waals surface area contributed by atoms with Crippen LogP contribution in [0.25, 0.3) is 0 Å². The Morgan fingerprint density at radius 1 is 1.02 bits per heavy atom. The first-order chi connectivity index (χ1) is 22.2. The number of phenolic OH excluding ortho intramolecular Hbond substituents is 1. The highest BCUT2D eigenvalue weighted by atomic mass is 16.7. The summed E-state index contributed by atoms with van der Waals surface area (Å²) in [5.74, 6) is 9.64. The molecule has 2 bridgehead atoms. The number of ether oxygens (including phenoxy) is 2. The van der Waals surface area contributed by atoms with Gasteiger partial charge in [-0.25, -0.2) is 4.79 Å². The van der Waals surface area contributed by atoms with E-state index in [0.717, 1.165) is 5.56 Å². The minimum atomic E-state index is -1.64. The SMILES string of the molecule is C[C@@H](O)[C@@]12O[C@]13c1cc(O)c4c(c1N[C@H]2C#C/C=C\C#C[C@H]3O)C(=O)c1ccc(CNC(=O)OCCc2ccccc2)cc1C4=O. The molecule has 3 aromatic rings. The van der Waals surface area contributed by atoms with Gasteiger partial charge in [0, 0.05) is 29.7 Å². The summed E-state index contributed by atoms with van der Waals surface area (Å²) in [6, 6.07) is 14.6. The maximum absolute atomic E-state index is 14.1. The summed E-state index contributed by atoms with van der Waals surface area (Å²) in [5, 5.41) is 39.3. The first-order valence-corrected chi connectivity index (χ1v) is 14.8. The maximum Gasteiger partial charge on any atom is 0.407 e. The van der Waals surface area contributed by atoms with Crippen molar-refractivity contribution < 1.29 is 39.2 Å². The lowest BCUT2D eigenvalue weighted by Crippen LogP contribution is -2.54. The molecule has 1 saturated heterocycles. The monoisotopic (exact) mass is 616 g/mol. The van der Waals surface area contributed by atoms with Crippen LogP contribution in [0, 0.1) is 23.7 Å². The van der Waals surface area contributed by atoms with E-state index >= 15 is 0 Å². The number of nitrogens with one attached hydrogen (secondary N) is 2. The lowest BCUT2D eigenvalue weighted by atomic mass is 9.69. The number of fused-ring (bicyclic) bond motifs is 4. The zero-order chi connectivity index (χ0) is 32.2. The van der Waals surface area contributed by atoms with Gasteiger partial charge in [-0.15, -0.1) is 0 Å². The molecule has 10 heteroatoms. The van der Waals surface area contributed by atoms with E-state index in [1.165, 1.54) is 37.3 Å². The van der Waals surface area contributed by atoms with Crippen molar-refractivity contribution in [3.63, 3.8) is 0 Å². The Hall–Kier alpha value is -5.39. The number of anilines is 1. The fourth-order valence-electron chi connectivity index (χ4n) is 6.73. The number of epoxide rings is 1. The molecule has 7 rings (SSSR count). The van der Waals surface area contributed by atoms with Crippen LogP contribution in [0.5, 0.6) is 5.75 Å². The fraction of sp³-hybridized carbons (Fsp3) is 0.250. The zero-order valence-electron chi connectivity index (χ0n) is 24.6. The Bertz CT molecular complexity index is 1980. The predicted molar refractivity (Wildman–Crippen MR) is 165 cm³/mol. The molecule has 1 fully saturated rings. The number of hydrogen-bond donors (Lipinski definition) is 5. The Kier molecular flexibility index (Phi) is 6.95. The van der Waals surface area contributed by atoms with Gasteiger partial charge in [-0.1, -0.05) is 60.1 Å². The quantitative estimate of drug-likeness (QED) is 0.125. The van der Waals surface area contributed by atoms with Crippen LogP contribution in [-0.2, 0) is 28.0 Å². The first kappa shape index (κ1) is 29.3. The normalized spacial score (nSPS) is 25.7. The van der Waals surface area contributed by atoms with Crippen molar-refractivity contribution in [1.82, 2.24) is 5.32 Å². The summed E-state index contributed by atoms with van der Waals surface area (Å²) in [6.07, 6.45) is 0.307. The number of hydrogen-bond acceptors (Lipinski definition) is 9. The number of carbonyl (C=O) groups is 3. The first-order valence-electron chi connectivity index (χ1n) is 14.8. The number of phenols is 1. The summed E-state index contributed by atoms with van der Waals surface area (Å²) >= 11 is 0. The number of rotatable bonds is 6. The van der Waals surface area contributed by atoms with E-state index in [1.807, 2.05) is 30.3 Å². The molecule has 2 aliphatic carbocycles. The molecular weight excluding hydrogens is 588 g/mol. The van der Waals surface area contributed by atoms with E-state index in [4.69, 9.17) is 9.47 Å². The highest BCUT2D eigenvalue weighted by molar-refractivity contribution is 6.31. The molecule has 0 spiro atoms. The van der Waals surface area contributed by atoms with Gasteiger partial charge in [0.05, 0.1) is 29.5 Å². The van der Waals surface area contributed by atoms with Gasteiger partial charge in [-0.3, -0.25) is 9.59 Å². The van der Waals surface area contributed by atoms with Gasteiger partial charge >= 0.3 is 6.09 Å². The highest BCUT2D eigenvalue weighted by Crippen LogP contribution is 2.67. The lowest BCUT2D eigenvalue weighted by Gasteiger charge is -2.37. The molecule has 0 radical (unpaired) electrons. The molecule has 230 valence electrons. The summed E-state index contributed by atoms with van der Waals surface area (Å²) in [5.41, 5.74) is -1.28. The molecule has 46 heavy (non-hydrogen) atoms. The Labute approximate surface area is 264 Å². The number of aliphatic hydroxyl groups excluding tert-OH is 2. The second-order valence-corrected chi connectivity index (χ2v) is 11.5. The molecule has 5 atom stereocenters. The molecule has 0 saturated carbocycles. The van der Waals surface area contributed by atoms with Gasteiger partial charge in [0.25, 0.3) is 0 Å². The Morgan fingerprint density at radius 2 is 1.76 bits per heavy atom. The Morgan fingerprint density at radius 3 is 2.52 bits per heavy atom. The molecule has 3 aromatic carbocycles. The minimum Gasteiger partial charge on any atom is -0.507 e. The topological polar surface area (TPSA) is 158 Å². The summed E-state index contributed by atoms with van der Waals surface area (Å²) < 4.78 is 11.4. The number of amides is 1. The van der Waals surface area contributed by atoms with Crippen molar-refractivity contribution >= 4 is 23.3 Å². The maximum atomic E-state index is 14.1. The molecule has 2 heterocycles. The summed E-state index contributed by atoms with van der Waals surface area (Å²) in [4.78, 5) is 40.3. The minimum absolute atomic E-state index is 0.0402. The van der Waals surface area contributed by atoms with Crippen LogP contribution in [0.3, 0.4) is 0 Å². The lowest BCUT2D eigenvalue weighted by molar-refractivity contribution is 0.0867. The van der Waals surface area contributed by atoms with E-state index in [0.29, 0.717) is 12.0 Å². The van der Waals surface area contributed by atoms with Crippen molar-refractivity contribution in [2.24, 2.45) is 0 Å². The number of allylic oxidation sites excluding steroid dienone is 2. The number of aromatic hydroxyl groups is 1.